The number of rotatable bonds is 5. The van der Waals surface area contributed by atoms with Crippen LogP contribution in [-0.2, 0) is 9.47 Å². The van der Waals surface area contributed by atoms with Gasteiger partial charge < -0.3 is 14.8 Å². The molecule has 1 saturated carbocycles. The first-order valence-corrected chi connectivity index (χ1v) is 8.07. The van der Waals surface area contributed by atoms with Gasteiger partial charge in [0.1, 0.15) is 0 Å². The lowest BCUT2D eigenvalue weighted by molar-refractivity contribution is -0.0479. The minimum atomic E-state index is 0.411. The summed E-state index contributed by atoms with van der Waals surface area (Å²) in [4.78, 5) is 0. The summed E-state index contributed by atoms with van der Waals surface area (Å²) in [5, 5.41) is 3.45. The number of hydrogen-bond acceptors (Lipinski definition) is 3. The Morgan fingerprint density at radius 1 is 1.16 bits per heavy atom. The van der Waals surface area contributed by atoms with Gasteiger partial charge in [-0.15, -0.1) is 0 Å². The molecule has 0 aromatic rings. The van der Waals surface area contributed by atoms with E-state index in [-0.39, 0.29) is 0 Å². The van der Waals surface area contributed by atoms with E-state index in [1.807, 2.05) is 0 Å². The molecule has 1 saturated heterocycles. The van der Waals surface area contributed by atoms with E-state index in [1.165, 1.54) is 32.1 Å². The van der Waals surface area contributed by atoms with E-state index < -0.39 is 0 Å². The van der Waals surface area contributed by atoms with Crippen LogP contribution in [0.5, 0.6) is 0 Å². The van der Waals surface area contributed by atoms with Crippen molar-refractivity contribution in [2.45, 2.75) is 58.1 Å². The van der Waals surface area contributed by atoms with Crippen molar-refractivity contribution in [3.05, 3.63) is 0 Å². The van der Waals surface area contributed by atoms with Crippen molar-refractivity contribution >= 4 is 0 Å². The van der Waals surface area contributed by atoms with Crippen LogP contribution < -0.4 is 5.32 Å². The lowest BCUT2D eigenvalue weighted by Gasteiger charge is -2.38. The lowest BCUT2D eigenvalue weighted by atomic mass is 9.78. The average molecular weight is 269 g/mol. The zero-order valence-electron chi connectivity index (χ0n) is 12.9. The van der Waals surface area contributed by atoms with E-state index in [0.29, 0.717) is 18.1 Å². The molecule has 2 rings (SSSR count). The minimum Gasteiger partial charge on any atom is -0.381 e. The molecule has 3 nitrogen and oxygen atoms in total. The fourth-order valence-corrected chi connectivity index (χ4v) is 3.45. The second-order valence-electron chi connectivity index (χ2n) is 6.64. The molecule has 0 aromatic carbocycles. The zero-order chi connectivity index (χ0) is 13.7. The van der Waals surface area contributed by atoms with Crippen LogP contribution in [0.1, 0.15) is 46.0 Å². The largest absolute Gasteiger partial charge is 0.381 e. The average Bonchev–Trinajstić information content (AvgIpc) is 2.45. The Hall–Kier alpha value is -0.120. The van der Waals surface area contributed by atoms with E-state index in [0.717, 1.165) is 31.7 Å². The summed E-state index contributed by atoms with van der Waals surface area (Å²) in [6.45, 7) is 7.46. The molecular formula is C16H31NO2. The van der Waals surface area contributed by atoms with Gasteiger partial charge in [-0.2, -0.15) is 0 Å². The van der Waals surface area contributed by atoms with Crippen molar-refractivity contribution < 1.29 is 9.47 Å². The van der Waals surface area contributed by atoms with Gasteiger partial charge in [-0.25, -0.2) is 0 Å². The number of nitrogens with one attached hydrogen (secondary N) is 1. The summed E-state index contributed by atoms with van der Waals surface area (Å²) in [6, 6.07) is 0.551. The molecule has 1 aliphatic carbocycles. The van der Waals surface area contributed by atoms with Gasteiger partial charge in [0.15, 0.2) is 0 Å². The first-order chi connectivity index (χ1) is 9.20. The molecule has 0 radical (unpaired) electrons. The maximum Gasteiger partial charge on any atom is 0.0730 e. The summed E-state index contributed by atoms with van der Waals surface area (Å²) in [5.41, 5.74) is 0. The molecule has 2 aliphatic rings. The highest BCUT2D eigenvalue weighted by Gasteiger charge is 2.32. The molecule has 2 fully saturated rings. The highest BCUT2D eigenvalue weighted by Crippen LogP contribution is 2.32. The Morgan fingerprint density at radius 3 is 2.53 bits per heavy atom. The molecule has 112 valence electrons. The number of likely N-dealkylation sites (N-methyl/N-ethyl adjacent to an activating group) is 1. The summed E-state index contributed by atoms with van der Waals surface area (Å²) < 4.78 is 11.7. The Kier molecular flexibility index (Phi) is 6.11. The summed E-state index contributed by atoms with van der Waals surface area (Å²) >= 11 is 0. The SMILES string of the molecule is CNC1CCC(C(C)C)CC1OCC1CCOCC1. The van der Waals surface area contributed by atoms with Crippen molar-refractivity contribution in [1.29, 1.82) is 0 Å². The Bertz CT molecular complexity index is 251. The van der Waals surface area contributed by atoms with E-state index in [4.69, 9.17) is 9.47 Å². The summed E-state index contributed by atoms with van der Waals surface area (Å²) in [7, 11) is 2.07. The lowest BCUT2D eigenvalue weighted by Crippen LogP contribution is -2.45. The molecule has 0 aromatic heterocycles. The highest BCUT2D eigenvalue weighted by atomic mass is 16.5. The third kappa shape index (κ3) is 4.44. The second kappa shape index (κ2) is 7.61. The van der Waals surface area contributed by atoms with Crippen molar-refractivity contribution in [3.63, 3.8) is 0 Å². The molecule has 0 bridgehead atoms. The standard InChI is InChI=1S/C16H31NO2/c1-12(2)14-4-5-15(17-3)16(10-14)19-11-13-6-8-18-9-7-13/h12-17H,4-11H2,1-3H3. The predicted octanol–water partition coefficient (Wildman–Crippen LogP) is 2.84. The van der Waals surface area contributed by atoms with Crippen molar-refractivity contribution in [2.75, 3.05) is 26.9 Å². The first-order valence-electron chi connectivity index (χ1n) is 8.07. The van der Waals surface area contributed by atoms with Gasteiger partial charge in [0.25, 0.3) is 0 Å². The van der Waals surface area contributed by atoms with Gasteiger partial charge in [-0.3, -0.25) is 0 Å². The maximum absolute atomic E-state index is 6.29. The van der Waals surface area contributed by atoms with Crippen molar-refractivity contribution in [3.8, 4) is 0 Å². The summed E-state index contributed by atoms with van der Waals surface area (Å²) in [5.74, 6) is 2.34. The molecule has 1 N–H and O–H groups in total. The van der Waals surface area contributed by atoms with Crippen LogP contribution in [0, 0.1) is 17.8 Å². The van der Waals surface area contributed by atoms with Gasteiger partial charge in [0, 0.05) is 19.3 Å². The van der Waals surface area contributed by atoms with Crippen LogP contribution in [0.15, 0.2) is 0 Å². The van der Waals surface area contributed by atoms with Gasteiger partial charge in [-0.05, 0) is 56.9 Å². The number of ether oxygens (including phenoxy) is 2. The topological polar surface area (TPSA) is 30.5 Å². The normalized spacial score (nSPS) is 33.8. The molecule has 0 amide bonds. The van der Waals surface area contributed by atoms with Crippen LogP contribution in [-0.4, -0.2) is 39.0 Å². The molecule has 1 heterocycles. The van der Waals surface area contributed by atoms with Crippen LogP contribution in [0.2, 0.25) is 0 Å². The monoisotopic (exact) mass is 269 g/mol. The molecule has 3 atom stereocenters. The predicted molar refractivity (Wildman–Crippen MR) is 78.3 cm³/mol. The van der Waals surface area contributed by atoms with Crippen LogP contribution >= 0.6 is 0 Å². The fraction of sp³-hybridized carbons (Fsp3) is 1.00. The van der Waals surface area contributed by atoms with Gasteiger partial charge in [0.05, 0.1) is 12.7 Å². The molecule has 3 heteroatoms. The summed E-state index contributed by atoms with van der Waals surface area (Å²) in [6.07, 6.45) is 6.59. The van der Waals surface area contributed by atoms with Gasteiger partial charge in [-0.1, -0.05) is 13.8 Å². The molecule has 0 spiro atoms. The van der Waals surface area contributed by atoms with Crippen LogP contribution in [0.4, 0.5) is 0 Å². The Balaban J connectivity index is 1.80. The van der Waals surface area contributed by atoms with Crippen molar-refractivity contribution in [2.24, 2.45) is 17.8 Å². The molecule has 3 unspecified atom stereocenters. The Labute approximate surface area is 118 Å². The maximum atomic E-state index is 6.29. The van der Waals surface area contributed by atoms with Gasteiger partial charge in [0.2, 0.25) is 0 Å². The quantitative estimate of drug-likeness (QED) is 0.832. The zero-order valence-corrected chi connectivity index (χ0v) is 12.9. The number of hydrogen-bond donors (Lipinski definition) is 1. The molecule has 1 aliphatic heterocycles. The van der Waals surface area contributed by atoms with E-state index >= 15 is 0 Å². The highest BCUT2D eigenvalue weighted by molar-refractivity contribution is 4.86. The van der Waals surface area contributed by atoms with Crippen LogP contribution in [0.25, 0.3) is 0 Å². The third-order valence-electron chi connectivity index (χ3n) is 5.03. The smallest absolute Gasteiger partial charge is 0.0730 e. The fourth-order valence-electron chi connectivity index (χ4n) is 3.45. The van der Waals surface area contributed by atoms with Crippen LogP contribution in [0.3, 0.4) is 0 Å². The van der Waals surface area contributed by atoms with E-state index in [9.17, 15) is 0 Å². The molecule has 19 heavy (non-hydrogen) atoms. The second-order valence-corrected chi connectivity index (χ2v) is 6.64. The van der Waals surface area contributed by atoms with Crippen molar-refractivity contribution in [1.82, 2.24) is 5.32 Å². The third-order valence-corrected chi connectivity index (χ3v) is 5.03. The minimum absolute atomic E-state index is 0.411. The first kappa shape index (κ1) is 15.3. The molecular weight excluding hydrogens is 238 g/mol. The van der Waals surface area contributed by atoms with E-state index in [1.54, 1.807) is 0 Å². The van der Waals surface area contributed by atoms with E-state index in [2.05, 4.69) is 26.2 Å². The van der Waals surface area contributed by atoms with Gasteiger partial charge >= 0.3 is 0 Å². The Morgan fingerprint density at radius 2 is 1.89 bits per heavy atom.